The van der Waals surface area contributed by atoms with Crippen molar-refractivity contribution in [2.45, 2.75) is 42.4 Å². The smallest absolute Gasteiger partial charge is 0.262 e. The summed E-state index contributed by atoms with van der Waals surface area (Å²) in [6, 6.07) is 0. The summed E-state index contributed by atoms with van der Waals surface area (Å²) in [5, 5.41) is 0.116. The number of aromatic nitrogens is 2. The second-order valence-electron chi connectivity index (χ2n) is 6.16. The van der Waals surface area contributed by atoms with E-state index in [0.717, 1.165) is 12.8 Å². The van der Waals surface area contributed by atoms with Crippen LogP contribution < -0.4 is 0 Å². The van der Waals surface area contributed by atoms with Crippen molar-refractivity contribution in [1.82, 2.24) is 13.9 Å². The Kier molecular flexibility index (Phi) is 4.28. The SMILES string of the molecule is COC1CCOC2(CCN(S(=O)(=O)c3cn(C)cn3)CC2)C1. The van der Waals surface area contributed by atoms with Crippen molar-refractivity contribution in [3.05, 3.63) is 12.5 Å². The second kappa shape index (κ2) is 5.92. The van der Waals surface area contributed by atoms with Gasteiger partial charge in [0.2, 0.25) is 0 Å². The first-order valence-electron chi connectivity index (χ1n) is 7.60. The lowest BCUT2D eigenvalue weighted by Gasteiger charge is -2.45. The van der Waals surface area contributed by atoms with Gasteiger partial charge in [-0.2, -0.15) is 4.31 Å². The molecule has 2 aliphatic heterocycles. The fourth-order valence-electron chi connectivity index (χ4n) is 3.32. The average Bonchev–Trinajstić information content (AvgIpc) is 2.95. The second-order valence-corrected chi connectivity index (χ2v) is 8.05. The van der Waals surface area contributed by atoms with E-state index in [1.165, 1.54) is 16.8 Å². The third-order valence-electron chi connectivity index (χ3n) is 4.70. The van der Waals surface area contributed by atoms with Gasteiger partial charge in [-0.05, 0) is 19.3 Å². The summed E-state index contributed by atoms with van der Waals surface area (Å²) in [4.78, 5) is 3.97. The lowest BCUT2D eigenvalue weighted by molar-refractivity contribution is -0.144. The van der Waals surface area contributed by atoms with Crippen LogP contribution in [0.15, 0.2) is 17.6 Å². The molecule has 0 aromatic carbocycles. The number of hydrogen-bond donors (Lipinski definition) is 0. The summed E-state index contributed by atoms with van der Waals surface area (Å²) < 4.78 is 39.8. The molecule has 0 bridgehead atoms. The number of nitrogens with zero attached hydrogens (tertiary/aromatic N) is 3. The number of imidazole rings is 1. The Morgan fingerprint density at radius 2 is 2.14 bits per heavy atom. The predicted molar refractivity (Wildman–Crippen MR) is 79.9 cm³/mol. The van der Waals surface area contributed by atoms with Gasteiger partial charge in [-0.25, -0.2) is 13.4 Å². The van der Waals surface area contributed by atoms with Crippen LogP contribution in [-0.2, 0) is 26.5 Å². The highest BCUT2D eigenvalue weighted by Crippen LogP contribution is 2.37. The molecule has 1 atom stereocenters. The maximum Gasteiger partial charge on any atom is 0.262 e. The quantitative estimate of drug-likeness (QED) is 0.819. The molecule has 2 saturated heterocycles. The Labute approximate surface area is 131 Å². The van der Waals surface area contributed by atoms with E-state index >= 15 is 0 Å². The minimum Gasteiger partial charge on any atom is -0.381 e. The molecular formula is C14H23N3O4S. The first kappa shape index (κ1) is 15.9. The van der Waals surface area contributed by atoms with Crippen molar-refractivity contribution in [1.29, 1.82) is 0 Å². The Hall–Kier alpha value is -0.960. The molecule has 1 aromatic rings. The Morgan fingerprint density at radius 1 is 1.41 bits per heavy atom. The summed E-state index contributed by atoms with van der Waals surface area (Å²) in [6.07, 6.45) is 6.43. The van der Waals surface area contributed by atoms with Crippen LogP contribution in [0, 0.1) is 0 Å². The van der Waals surface area contributed by atoms with Gasteiger partial charge < -0.3 is 14.0 Å². The molecule has 8 heteroatoms. The zero-order chi connectivity index (χ0) is 15.8. The first-order valence-corrected chi connectivity index (χ1v) is 9.04. The summed E-state index contributed by atoms with van der Waals surface area (Å²) >= 11 is 0. The van der Waals surface area contributed by atoms with E-state index in [1.54, 1.807) is 18.7 Å². The van der Waals surface area contributed by atoms with Crippen LogP contribution >= 0.6 is 0 Å². The summed E-state index contributed by atoms with van der Waals surface area (Å²) in [6.45, 7) is 1.62. The van der Waals surface area contributed by atoms with E-state index in [9.17, 15) is 8.42 Å². The largest absolute Gasteiger partial charge is 0.381 e. The Bertz CT molecular complexity index is 620. The Balaban J connectivity index is 1.69. The molecule has 1 aromatic heterocycles. The van der Waals surface area contributed by atoms with Crippen LogP contribution in [0.4, 0.5) is 0 Å². The fourth-order valence-corrected chi connectivity index (χ4v) is 4.73. The number of hydrogen-bond acceptors (Lipinski definition) is 5. The molecule has 124 valence electrons. The van der Waals surface area contributed by atoms with E-state index in [4.69, 9.17) is 9.47 Å². The molecule has 0 saturated carbocycles. The lowest BCUT2D eigenvalue weighted by Crippen LogP contribution is -2.51. The lowest BCUT2D eigenvalue weighted by atomic mass is 9.84. The number of methoxy groups -OCH3 is 1. The molecule has 7 nitrogen and oxygen atoms in total. The van der Waals surface area contributed by atoms with E-state index in [2.05, 4.69) is 4.98 Å². The van der Waals surface area contributed by atoms with Crippen molar-refractivity contribution >= 4 is 10.0 Å². The minimum absolute atomic E-state index is 0.116. The third kappa shape index (κ3) is 2.92. The topological polar surface area (TPSA) is 73.7 Å². The number of ether oxygens (including phenoxy) is 2. The summed E-state index contributed by atoms with van der Waals surface area (Å²) in [7, 11) is -0.0126. The molecule has 2 aliphatic rings. The van der Waals surface area contributed by atoms with Gasteiger partial charge in [0.25, 0.3) is 10.0 Å². The molecule has 0 N–H and O–H groups in total. The highest BCUT2D eigenvalue weighted by molar-refractivity contribution is 7.89. The van der Waals surface area contributed by atoms with Crippen LogP contribution in [0.2, 0.25) is 0 Å². The summed E-state index contributed by atoms with van der Waals surface area (Å²) in [5.41, 5.74) is -0.227. The molecule has 0 aliphatic carbocycles. The van der Waals surface area contributed by atoms with Gasteiger partial charge in [0.1, 0.15) is 0 Å². The average molecular weight is 329 g/mol. The van der Waals surface area contributed by atoms with Crippen LogP contribution in [0.25, 0.3) is 0 Å². The van der Waals surface area contributed by atoms with Crippen LogP contribution in [0.5, 0.6) is 0 Å². The van der Waals surface area contributed by atoms with Gasteiger partial charge in [0, 0.05) is 46.5 Å². The minimum atomic E-state index is -3.50. The van der Waals surface area contributed by atoms with Crippen molar-refractivity contribution < 1.29 is 17.9 Å². The molecule has 0 radical (unpaired) electrons. The molecule has 3 rings (SSSR count). The number of aryl methyl sites for hydroxylation is 1. The maximum absolute atomic E-state index is 12.6. The highest BCUT2D eigenvalue weighted by Gasteiger charge is 2.43. The molecule has 3 heterocycles. The Morgan fingerprint density at radius 3 is 2.73 bits per heavy atom. The predicted octanol–water partition coefficient (Wildman–Crippen LogP) is 0.769. The van der Waals surface area contributed by atoms with Crippen molar-refractivity contribution in [3.8, 4) is 0 Å². The highest BCUT2D eigenvalue weighted by atomic mass is 32.2. The number of rotatable bonds is 3. The normalized spacial score (nSPS) is 26.4. The molecule has 0 amide bonds. The van der Waals surface area contributed by atoms with Crippen LogP contribution in [0.1, 0.15) is 25.7 Å². The van der Waals surface area contributed by atoms with Gasteiger partial charge >= 0.3 is 0 Å². The van der Waals surface area contributed by atoms with Gasteiger partial charge in [-0.15, -0.1) is 0 Å². The van der Waals surface area contributed by atoms with Gasteiger partial charge in [-0.3, -0.25) is 0 Å². The van der Waals surface area contributed by atoms with E-state index in [0.29, 0.717) is 32.5 Å². The number of sulfonamides is 1. The maximum atomic E-state index is 12.6. The van der Waals surface area contributed by atoms with Crippen LogP contribution in [-0.4, -0.2) is 60.8 Å². The van der Waals surface area contributed by atoms with Crippen molar-refractivity contribution in [2.24, 2.45) is 7.05 Å². The van der Waals surface area contributed by atoms with Crippen molar-refractivity contribution in [3.63, 3.8) is 0 Å². The van der Waals surface area contributed by atoms with E-state index in [-0.39, 0.29) is 16.7 Å². The van der Waals surface area contributed by atoms with Gasteiger partial charge in [0.05, 0.1) is 18.0 Å². The standard InChI is InChI=1S/C14H23N3O4S/c1-16-10-13(15-11-16)22(18,19)17-6-4-14(5-7-17)9-12(20-2)3-8-21-14/h10-12H,3-9H2,1-2H3. The monoisotopic (exact) mass is 329 g/mol. The zero-order valence-corrected chi connectivity index (χ0v) is 13.9. The van der Waals surface area contributed by atoms with Gasteiger partial charge in [-0.1, -0.05) is 0 Å². The summed E-state index contributed by atoms with van der Waals surface area (Å²) in [5.74, 6) is 0. The van der Waals surface area contributed by atoms with E-state index < -0.39 is 10.0 Å². The molecule has 2 fully saturated rings. The third-order valence-corrected chi connectivity index (χ3v) is 6.48. The fraction of sp³-hybridized carbons (Fsp3) is 0.786. The molecule has 1 spiro atoms. The number of piperidine rings is 1. The molecular weight excluding hydrogens is 306 g/mol. The molecule has 1 unspecified atom stereocenters. The van der Waals surface area contributed by atoms with Crippen molar-refractivity contribution in [2.75, 3.05) is 26.8 Å². The van der Waals surface area contributed by atoms with Crippen LogP contribution in [0.3, 0.4) is 0 Å². The zero-order valence-electron chi connectivity index (χ0n) is 13.1. The van der Waals surface area contributed by atoms with E-state index in [1.807, 2.05) is 0 Å². The first-order chi connectivity index (χ1) is 10.5. The van der Waals surface area contributed by atoms with Gasteiger partial charge in [0.15, 0.2) is 5.03 Å². The molecule has 22 heavy (non-hydrogen) atoms.